The van der Waals surface area contributed by atoms with Crippen LogP contribution in [0.15, 0.2) is 12.1 Å². The molecular formula is C16H27ClSZn-. The number of rotatable bonds is 11. The molecule has 0 atom stereocenters. The zero-order chi connectivity index (χ0) is 12.2. The average molecular weight is 352 g/mol. The van der Waals surface area contributed by atoms with Gasteiger partial charge in [-0.15, -0.1) is 11.3 Å². The van der Waals surface area contributed by atoms with Crippen LogP contribution in [0.4, 0.5) is 0 Å². The van der Waals surface area contributed by atoms with Crippen LogP contribution >= 0.6 is 11.3 Å². The second-order valence-electron chi connectivity index (χ2n) is 4.95. The number of hydrogen-bond acceptors (Lipinski definition) is 1. The Morgan fingerprint density at radius 1 is 0.895 bits per heavy atom. The van der Waals surface area contributed by atoms with E-state index in [2.05, 4.69) is 18.4 Å². The number of halogens is 1. The maximum atomic E-state index is 3.16. The molecule has 0 bridgehead atoms. The first-order valence-electron chi connectivity index (χ1n) is 7.38. The summed E-state index contributed by atoms with van der Waals surface area (Å²) in [7, 11) is 0. The predicted molar refractivity (Wildman–Crippen MR) is 78.7 cm³/mol. The van der Waals surface area contributed by atoms with Crippen molar-refractivity contribution < 1.29 is 31.9 Å². The van der Waals surface area contributed by atoms with E-state index in [1.807, 2.05) is 6.07 Å². The molecule has 0 N–H and O–H groups in total. The smallest absolute Gasteiger partial charge is 0.0445 e. The summed E-state index contributed by atoms with van der Waals surface area (Å²) < 4.78 is 0. The Hall–Kier alpha value is 0.613. The van der Waals surface area contributed by atoms with E-state index < -0.39 is 0 Å². The predicted octanol–water partition coefficient (Wildman–Crippen LogP) is 3.01. The molecule has 0 saturated carbocycles. The zero-order valence-corrected chi connectivity index (χ0v) is 17.0. The largest absolute Gasteiger partial charge is 1.00 e. The Morgan fingerprint density at radius 3 is 1.89 bits per heavy atom. The third-order valence-corrected chi connectivity index (χ3v) is 4.16. The Bertz CT molecular complexity index is 249. The maximum Gasteiger partial charge on any atom is 0.0445 e. The number of aryl methyl sites for hydroxylation is 1. The van der Waals surface area contributed by atoms with Crippen molar-refractivity contribution in [1.82, 2.24) is 0 Å². The average Bonchev–Trinajstić information content (AvgIpc) is 2.85. The fourth-order valence-corrected chi connectivity index (χ4v) is 2.86. The summed E-state index contributed by atoms with van der Waals surface area (Å²) in [6.45, 7) is 2.28. The van der Waals surface area contributed by atoms with Crippen molar-refractivity contribution in [2.24, 2.45) is 0 Å². The van der Waals surface area contributed by atoms with Crippen LogP contribution in [0.1, 0.15) is 76.0 Å². The first-order chi connectivity index (χ1) is 8.43. The molecule has 0 spiro atoms. The van der Waals surface area contributed by atoms with Gasteiger partial charge in [0.15, 0.2) is 0 Å². The molecule has 1 aromatic heterocycles. The van der Waals surface area contributed by atoms with Gasteiger partial charge in [-0.05, 0) is 25.0 Å². The Balaban J connectivity index is 0. The minimum absolute atomic E-state index is 0. The third-order valence-electron chi connectivity index (χ3n) is 3.30. The molecule has 1 rings (SSSR count). The van der Waals surface area contributed by atoms with E-state index in [9.17, 15) is 0 Å². The van der Waals surface area contributed by atoms with Crippen molar-refractivity contribution in [1.29, 1.82) is 0 Å². The van der Waals surface area contributed by atoms with E-state index in [0.29, 0.717) is 0 Å². The molecule has 0 aliphatic heterocycles. The van der Waals surface area contributed by atoms with Gasteiger partial charge >= 0.3 is 0 Å². The van der Waals surface area contributed by atoms with Crippen molar-refractivity contribution in [3.05, 3.63) is 22.4 Å². The molecule has 0 saturated heterocycles. The van der Waals surface area contributed by atoms with Gasteiger partial charge in [-0.25, -0.2) is 0 Å². The van der Waals surface area contributed by atoms with Gasteiger partial charge in [0, 0.05) is 29.7 Å². The Kier molecular flexibility index (Phi) is 19.2. The topological polar surface area (TPSA) is 0 Å². The van der Waals surface area contributed by atoms with Crippen molar-refractivity contribution >= 4 is 11.3 Å². The molecule has 0 unspecified atom stereocenters. The van der Waals surface area contributed by atoms with Crippen LogP contribution < -0.4 is 12.4 Å². The van der Waals surface area contributed by atoms with E-state index in [1.165, 1.54) is 75.5 Å². The van der Waals surface area contributed by atoms with E-state index in [1.54, 1.807) is 11.3 Å². The number of unbranched alkanes of at least 4 members (excludes halogenated alkanes) is 9. The molecule has 1 heterocycles. The van der Waals surface area contributed by atoms with Gasteiger partial charge < -0.3 is 12.4 Å². The van der Waals surface area contributed by atoms with E-state index in [0.717, 1.165) is 0 Å². The van der Waals surface area contributed by atoms with Gasteiger partial charge in [-0.2, -0.15) is 0 Å². The third kappa shape index (κ3) is 13.4. The molecular weight excluding hydrogens is 325 g/mol. The SMILES string of the molecule is CCCCCCCCCCCCc1cc[c]s1.[Cl-].[Zn]. The summed E-state index contributed by atoms with van der Waals surface area (Å²) >= 11 is 1.78. The quantitative estimate of drug-likeness (QED) is 0.424. The number of hydrogen-bond donors (Lipinski definition) is 0. The molecule has 19 heavy (non-hydrogen) atoms. The van der Waals surface area contributed by atoms with Crippen LogP contribution in [-0.2, 0) is 25.9 Å². The summed E-state index contributed by atoms with van der Waals surface area (Å²) in [5.41, 5.74) is 0. The Labute approximate surface area is 142 Å². The van der Waals surface area contributed by atoms with Crippen molar-refractivity contribution in [3.63, 3.8) is 0 Å². The van der Waals surface area contributed by atoms with E-state index in [4.69, 9.17) is 0 Å². The minimum atomic E-state index is 0. The minimum Gasteiger partial charge on any atom is -1.00 e. The monoisotopic (exact) mass is 350 g/mol. The molecule has 0 aliphatic rings. The molecule has 0 nitrogen and oxygen atoms in total. The van der Waals surface area contributed by atoms with Gasteiger partial charge in [-0.1, -0.05) is 64.7 Å². The first-order valence-corrected chi connectivity index (χ1v) is 8.20. The molecule has 0 aliphatic carbocycles. The van der Waals surface area contributed by atoms with Crippen molar-refractivity contribution in [3.8, 4) is 0 Å². The summed E-state index contributed by atoms with van der Waals surface area (Å²) in [6, 6.07) is 4.24. The van der Waals surface area contributed by atoms with Gasteiger partial charge in [0.25, 0.3) is 0 Å². The standard InChI is InChI=1S/C16H27S.ClH.Zn/c1-2-3-4-5-6-7-8-9-10-11-13-16-14-12-15-17-16;;/h12,14H,2-11,13H2,1H3;1H;/p-1. The summed E-state index contributed by atoms with van der Waals surface area (Å²) in [5, 5.41) is 3.16. The first kappa shape index (κ1) is 21.9. The van der Waals surface area contributed by atoms with Crippen LogP contribution in [-0.4, -0.2) is 0 Å². The molecule has 107 valence electrons. The van der Waals surface area contributed by atoms with Gasteiger partial charge in [0.05, 0.1) is 0 Å². The summed E-state index contributed by atoms with van der Waals surface area (Å²) in [6.07, 6.45) is 15.5. The van der Waals surface area contributed by atoms with Crippen LogP contribution in [0, 0.1) is 5.38 Å². The molecule has 3 heteroatoms. The summed E-state index contributed by atoms with van der Waals surface area (Å²) in [5.74, 6) is 0. The fourth-order valence-electron chi connectivity index (χ4n) is 2.19. The van der Waals surface area contributed by atoms with E-state index >= 15 is 0 Å². The summed E-state index contributed by atoms with van der Waals surface area (Å²) in [4.78, 5) is 1.50. The van der Waals surface area contributed by atoms with Crippen LogP contribution in [0.2, 0.25) is 0 Å². The number of thiophene rings is 1. The van der Waals surface area contributed by atoms with Gasteiger partial charge in [0.1, 0.15) is 0 Å². The second-order valence-corrected chi connectivity index (χ2v) is 5.92. The molecule has 1 aromatic rings. The van der Waals surface area contributed by atoms with Crippen molar-refractivity contribution in [2.75, 3.05) is 0 Å². The van der Waals surface area contributed by atoms with Crippen LogP contribution in [0.3, 0.4) is 0 Å². The van der Waals surface area contributed by atoms with Crippen LogP contribution in [0.5, 0.6) is 0 Å². The Morgan fingerprint density at radius 2 is 1.42 bits per heavy atom. The fraction of sp³-hybridized carbons (Fsp3) is 0.750. The van der Waals surface area contributed by atoms with Gasteiger partial charge in [-0.3, -0.25) is 0 Å². The van der Waals surface area contributed by atoms with Gasteiger partial charge in [0.2, 0.25) is 0 Å². The molecule has 0 fully saturated rings. The maximum absolute atomic E-state index is 3.16. The van der Waals surface area contributed by atoms with Crippen LogP contribution in [0.25, 0.3) is 0 Å². The van der Waals surface area contributed by atoms with Crippen molar-refractivity contribution in [2.45, 2.75) is 77.6 Å². The molecule has 0 amide bonds. The molecule has 1 radical (unpaired) electrons. The zero-order valence-electron chi connectivity index (χ0n) is 12.4. The second kappa shape index (κ2) is 16.7. The van der Waals surface area contributed by atoms with E-state index in [-0.39, 0.29) is 31.9 Å². The molecule has 0 aromatic carbocycles. The normalized spacial score (nSPS) is 9.74.